The van der Waals surface area contributed by atoms with E-state index in [1.807, 2.05) is 5.32 Å². The zero-order valence-corrected chi connectivity index (χ0v) is 41.5. The fourth-order valence-electron chi connectivity index (χ4n) is 7.28. The number of rotatable bonds is 34. The van der Waals surface area contributed by atoms with Crippen LogP contribution in [0.5, 0.6) is 0 Å². The molecular weight excluding hydrogens is 991 g/mol. The number of amides is 9. The third-order valence-corrected chi connectivity index (χ3v) is 11.3. The van der Waals surface area contributed by atoms with Crippen molar-refractivity contribution in [3.05, 3.63) is 0 Å². The van der Waals surface area contributed by atoms with Gasteiger partial charge in [0.05, 0.1) is 38.4 Å². The summed E-state index contributed by atoms with van der Waals surface area (Å²) in [6, 6.07) is -16.8. The van der Waals surface area contributed by atoms with Gasteiger partial charge in [0.25, 0.3) is 0 Å². The molecule has 0 aromatic heterocycles. The third-order valence-electron chi connectivity index (χ3n) is 11.3. The van der Waals surface area contributed by atoms with Crippen LogP contribution < -0.4 is 54.0 Å². The molecule has 1 saturated heterocycles. The van der Waals surface area contributed by atoms with Gasteiger partial charge in [-0.1, -0.05) is 13.8 Å². The normalized spacial score (nSPS) is 17.7. The number of aliphatic hydroxyl groups is 5. The zero-order valence-electron chi connectivity index (χ0n) is 41.5. The van der Waals surface area contributed by atoms with Gasteiger partial charge in [0.2, 0.25) is 53.2 Å². The van der Waals surface area contributed by atoms with Gasteiger partial charge < -0.3 is 99.8 Å². The van der Waals surface area contributed by atoms with Crippen LogP contribution in [0.2, 0.25) is 0 Å². The van der Waals surface area contributed by atoms with Gasteiger partial charge in [0, 0.05) is 13.0 Å². The number of carboxylic acid groups (broad SMARTS) is 3. The van der Waals surface area contributed by atoms with Gasteiger partial charge in [-0.15, -0.1) is 0 Å². The van der Waals surface area contributed by atoms with Crippen molar-refractivity contribution in [3.8, 4) is 0 Å². The van der Waals surface area contributed by atoms with Gasteiger partial charge in [-0.25, -0.2) is 4.79 Å². The molecule has 0 spiro atoms. The van der Waals surface area contributed by atoms with E-state index < -0.39 is 183 Å². The average molecular weight is 1060 g/mol. The molecule has 12 atom stereocenters. The first-order valence-electron chi connectivity index (χ1n) is 23.7. The summed E-state index contributed by atoms with van der Waals surface area (Å²) in [6.07, 6.45) is -5.21. The molecule has 1 rings (SSSR count). The molecule has 31 heteroatoms. The number of carbonyl (C=O) groups is 12. The standard InChI is InChI=1S/C43H73N11O20/c1-19(2)14-25(48-40(70)29-9-7-13-54(29)42(72)26(15-31(62)63)49-34(64)22(45)16-55)37(67)51-27(17-56)38(68)46-24(10-11-30(60)61)36(66)52-32(20(3)58)41(71)47-23(8-5-6-12-44)35(65)50-28(18-57)39(69)53-33(21(4)59)43(73)74/h19-29,32-33,55-59H,5-18,44-45H2,1-4H3,(H,46,68)(H,47,71)(H,48,70)(H,49,64)(H,50,65)(H,51,67)(H,52,66)(H,53,69)(H,60,61)(H,62,63)(H,73,74)/t20-,21-,22+,23+,24+,25+,26+,27+,28+,29+,32+,33+/m1/s1. The highest BCUT2D eigenvalue weighted by molar-refractivity contribution is 5.99. The fourth-order valence-corrected chi connectivity index (χ4v) is 7.28. The summed E-state index contributed by atoms with van der Waals surface area (Å²) in [4.78, 5) is 156. The van der Waals surface area contributed by atoms with Crippen LogP contribution in [-0.4, -0.2) is 222 Å². The van der Waals surface area contributed by atoms with E-state index in [1.165, 1.54) is 0 Å². The largest absolute Gasteiger partial charge is 0.481 e. The highest BCUT2D eigenvalue weighted by Crippen LogP contribution is 2.20. The summed E-state index contributed by atoms with van der Waals surface area (Å²) in [5, 5.41) is 95.5. The second-order valence-corrected chi connectivity index (χ2v) is 17.9. The van der Waals surface area contributed by atoms with E-state index >= 15 is 0 Å². The van der Waals surface area contributed by atoms with Gasteiger partial charge in [-0.05, 0) is 71.3 Å². The second-order valence-electron chi connectivity index (χ2n) is 17.9. The minimum atomic E-state index is -1.94. The van der Waals surface area contributed by atoms with Crippen LogP contribution in [0.15, 0.2) is 0 Å². The maximum Gasteiger partial charge on any atom is 0.328 e. The van der Waals surface area contributed by atoms with Crippen LogP contribution in [0.1, 0.15) is 85.5 Å². The lowest BCUT2D eigenvalue weighted by Gasteiger charge is -2.30. The first-order valence-corrected chi connectivity index (χ1v) is 23.7. The van der Waals surface area contributed by atoms with Crippen molar-refractivity contribution >= 4 is 71.1 Å². The Kier molecular flexibility index (Phi) is 28.7. The Balaban J connectivity index is 3.34. The Labute approximate surface area is 424 Å². The van der Waals surface area contributed by atoms with E-state index in [1.54, 1.807) is 13.8 Å². The Bertz CT molecular complexity index is 1980. The van der Waals surface area contributed by atoms with E-state index in [-0.39, 0.29) is 51.1 Å². The molecule has 1 heterocycles. The van der Waals surface area contributed by atoms with Crippen molar-refractivity contribution < 1.29 is 98.4 Å². The maximum atomic E-state index is 13.7. The van der Waals surface area contributed by atoms with Crippen molar-refractivity contribution in [2.45, 2.75) is 158 Å². The molecule has 0 radical (unpaired) electrons. The molecule has 31 nitrogen and oxygen atoms in total. The summed E-state index contributed by atoms with van der Waals surface area (Å²) in [5.41, 5.74) is 11.1. The predicted octanol–water partition coefficient (Wildman–Crippen LogP) is -8.48. The molecule has 0 bridgehead atoms. The van der Waals surface area contributed by atoms with Crippen molar-refractivity contribution in [3.63, 3.8) is 0 Å². The summed E-state index contributed by atoms with van der Waals surface area (Å²) in [7, 11) is 0. The van der Waals surface area contributed by atoms with Crippen LogP contribution >= 0.6 is 0 Å². The Hall–Kier alpha value is -6.64. The van der Waals surface area contributed by atoms with E-state index in [2.05, 4.69) is 37.2 Å². The smallest absolute Gasteiger partial charge is 0.328 e. The number of nitrogens with two attached hydrogens (primary N) is 2. The number of hydrogen-bond donors (Lipinski definition) is 18. The zero-order chi connectivity index (χ0) is 56.6. The second kappa shape index (κ2) is 32.5. The van der Waals surface area contributed by atoms with Crippen molar-refractivity contribution in [1.29, 1.82) is 0 Å². The summed E-state index contributed by atoms with van der Waals surface area (Å²) >= 11 is 0. The molecule has 9 amide bonds. The molecule has 0 aromatic carbocycles. The summed E-state index contributed by atoms with van der Waals surface area (Å²) < 4.78 is 0. The quantitative estimate of drug-likeness (QED) is 0.0266. The molecule has 0 aromatic rings. The van der Waals surface area contributed by atoms with Crippen LogP contribution in [-0.2, 0) is 57.5 Å². The molecule has 1 aliphatic rings. The molecule has 0 saturated carbocycles. The molecule has 420 valence electrons. The lowest BCUT2D eigenvalue weighted by Crippen LogP contribution is -2.62. The van der Waals surface area contributed by atoms with Crippen molar-refractivity contribution in [2.24, 2.45) is 17.4 Å². The van der Waals surface area contributed by atoms with E-state index in [0.717, 1.165) is 18.7 Å². The number of aliphatic hydroxyl groups excluding tert-OH is 5. The lowest BCUT2D eigenvalue weighted by atomic mass is 10.0. The minimum Gasteiger partial charge on any atom is -0.481 e. The van der Waals surface area contributed by atoms with Crippen LogP contribution in [0.25, 0.3) is 0 Å². The monoisotopic (exact) mass is 1060 g/mol. The van der Waals surface area contributed by atoms with Gasteiger partial charge in [-0.2, -0.15) is 0 Å². The molecular formula is C43H73N11O20. The molecule has 1 fully saturated rings. The topological polar surface area (TPSA) is 518 Å². The molecule has 0 unspecified atom stereocenters. The number of unbranched alkanes of at least 4 members (excludes halogenated alkanes) is 1. The lowest BCUT2D eigenvalue weighted by molar-refractivity contribution is -0.146. The van der Waals surface area contributed by atoms with E-state index in [0.29, 0.717) is 6.42 Å². The number of aliphatic carboxylic acids is 3. The van der Waals surface area contributed by atoms with Gasteiger partial charge in [0.15, 0.2) is 6.04 Å². The Morgan fingerprint density at radius 1 is 0.554 bits per heavy atom. The van der Waals surface area contributed by atoms with Crippen LogP contribution in [0.4, 0.5) is 0 Å². The van der Waals surface area contributed by atoms with Crippen LogP contribution in [0.3, 0.4) is 0 Å². The van der Waals surface area contributed by atoms with Crippen molar-refractivity contribution in [1.82, 2.24) is 47.4 Å². The summed E-state index contributed by atoms with van der Waals surface area (Å²) in [5.74, 6) is -15.0. The van der Waals surface area contributed by atoms with Gasteiger partial charge in [-0.3, -0.25) is 52.7 Å². The molecule has 1 aliphatic heterocycles. The Morgan fingerprint density at radius 2 is 1.03 bits per heavy atom. The molecule has 74 heavy (non-hydrogen) atoms. The van der Waals surface area contributed by atoms with E-state index in [4.69, 9.17) is 11.5 Å². The van der Waals surface area contributed by atoms with Crippen molar-refractivity contribution in [2.75, 3.05) is 32.9 Å². The van der Waals surface area contributed by atoms with E-state index in [9.17, 15) is 98.4 Å². The number of likely N-dealkylation sites (tertiary alicyclic amines) is 1. The Morgan fingerprint density at radius 3 is 1.51 bits per heavy atom. The molecule has 20 N–H and O–H groups in total. The molecule has 0 aliphatic carbocycles. The van der Waals surface area contributed by atoms with Gasteiger partial charge >= 0.3 is 17.9 Å². The predicted molar refractivity (Wildman–Crippen MR) is 252 cm³/mol. The average Bonchev–Trinajstić information content (AvgIpc) is 3.82. The number of carboxylic acids is 3. The number of carbonyl (C=O) groups excluding carboxylic acids is 9. The maximum absolute atomic E-state index is 13.7. The van der Waals surface area contributed by atoms with Crippen LogP contribution in [0, 0.1) is 5.92 Å². The SMILES string of the molecule is CC(C)C[C@H](NC(=O)[C@@H]1CCCN1C(=O)[C@H](CC(=O)O)NC(=O)[C@@H](N)CO)C(=O)N[C@@H](CO)C(=O)N[C@@H](CCC(=O)O)C(=O)N[C@H](C(=O)N[C@@H](CCCCN)C(=O)N[C@@H](CO)C(=O)N[C@H](C(=O)O)[C@@H](C)O)[C@@H](C)O. The third kappa shape index (κ3) is 21.8. The highest BCUT2D eigenvalue weighted by atomic mass is 16.4. The highest BCUT2D eigenvalue weighted by Gasteiger charge is 2.41. The number of nitrogens with zero attached hydrogens (tertiary/aromatic N) is 1. The first kappa shape index (κ1) is 65.4. The summed E-state index contributed by atoms with van der Waals surface area (Å²) in [6.45, 7) is 2.49. The minimum absolute atomic E-state index is 0.0382. The fraction of sp³-hybridized carbons (Fsp3) is 0.721. The first-order chi connectivity index (χ1) is 34.6. The number of nitrogens with one attached hydrogen (secondary N) is 8. The van der Waals surface area contributed by atoms with Gasteiger partial charge in [0.1, 0.15) is 54.4 Å². The number of hydrogen-bond acceptors (Lipinski definition) is 19.